The first-order valence-corrected chi connectivity index (χ1v) is 9.47. The van der Waals surface area contributed by atoms with Crippen molar-refractivity contribution < 1.29 is 0 Å². The Morgan fingerprint density at radius 3 is 1.23 bits per heavy atom. The Morgan fingerprint density at radius 2 is 1.00 bits per heavy atom. The van der Waals surface area contributed by atoms with Crippen molar-refractivity contribution in [2.75, 3.05) is 0 Å². The molecular formula is C12H8Cl10. The van der Waals surface area contributed by atoms with Crippen molar-refractivity contribution in [3.63, 3.8) is 0 Å². The zero-order valence-corrected chi connectivity index (χ0v) is 18.3. The van der Waals surface area contributed by atoms with Gasteiger partial charge in [-0.1, -0.05) is 141 Å². The molecule has 0 saturated heterocycles. The van der Waals surface area contributed by atoms with Crippen LogP contribution in [0.15, 0.2) is 18.2 Å². The normalized spacial score (nSPS) is 14.3. The molecule has 0 aromatic heterocycles. The van der Waals surface area contributed by atoms with Crippen molar-refractivity contribution in [2.45, 2.75) is 29.6 Å². The van der Waals surface area contributed by atoms with E-state index in [0.717, 1.165) is 0 Å². The highest BCUT2D eigenvalue weighted by Gasteiger charge is 2.52. The Kier molecular flexibility index (Phi) is 7.45. The van der Waals surface area contributed by atoms with Gasteiger partial charge in [-0.25, -0.2) is 0 Å². The number of benzene rings is 1. The molecular weight excluding hydrogens is 499 g/mol. The summed E-state index contributed by atoms with van der Waals surface area (Å²) in [6, 6.07) is 4.76. The number of hydrogen-bond acceptors (Lipinski definition) is 0. The van der Waals surface area contributed by atoms with Crippen molar-refractivity contribution in [1.29, 1.82) is 0 Å². The summed E-state index contributed by atoms with van der Waals surface area (Å²) in [5.41, 5.74) is 1.15. The fraction of sp³-hybridized carbons (Fsp3) is 0.500. The van der Waals surface area contributed by atoms with Gasteiger partial charge in [-0.05, 0) is 23.1 Å². The van der Waals surface area contributed by atoms with Gasteiger partial charge >= 0.3 is 0 Å². The Balaban J connectivity index is 3.66. The van der Waals surface area contributed by atoms with Crippen LogP contribution in [0.4, 0.5) is 0 Å². The summed E-state index contributed by atoms with van der Waals surface area (Å²) < 4.78 is -7.70. The fourth-order valence-corrected chi connectivity index (χ4v) is 3.18. The van der Waals surface area contributed by atoms with Crippen LogP contribution in [-0.4, -0.2) is 7.59 Å². The predicted octanol–water partition coefficient (Wildman–Crippen LogP) is 8.25. The van der Waals surface area contributed by atoms with Gasteiger partial charge in [0, 0.05) is 0 Å². The minimum atomic E-state index is -2.00. The third kappa shape index (κ3) is 4.26. The van der Waals surface area contributed by atoms with Gasteiger partial charge in [0.05, 0.1) is 0 Å². The van der Waals surface area contributed by atoms with Gasteiger partial charge in [-0.2, -0.15) is 0 Å². The van der Waals surface area contributed by atoms with Crippen molar-refractivity contribution >= 4 is 116 Å². The molecule has 0 aliphatic rings. The summed E-state index contributed by atoms with van der Waals surface area (Å²) in [6.45, 7) is 1.81. The summed E-state index contributed by atoms with van der Waals surface area (Å²) in [4.78, 5) is 0. The van der Waals surface area contributed by atoms with Crippen LogP contribution in [-0.2, 0) is 15.1 Å². The van der Waals surface area contributed by atoms with Crippen molar-refractivity contribution in [3.8, 4) is 0 Å². The molecule has 0 N–H and O–H groups in total. The number of rotatable bonds is 3. The molecule has 1 aromatic carbocycles. The molecule has 0 unspecified atom stereocenters. The lowest BCUT2D eigenvalue weighted by Crippen LogP contribution is -2.33. The molecule has 0 fully saturated rings. The minimum absolute atomic E-state index is 0.316. The number of hydrogen-bond donors (Lipinski definition) is 0. The Hall–Kier alpha value is 2.12. The first kappa shape index (κ1) is 22.2. The van der Waals surface area contributed by atoms with E-state index in [1.807, 2.05) is 6.92 Å². The molecule has 0 spiro atoms. The van der Waals surface area contributed by atoms with Crippen molar-refractivity contribution in [1.82, 2.24) is 0 Å². The van der Waals surface area contributed by atoms with Gasteiger partial charge in [0.1, 0.15) is 0 Å². The predicted molar refractivity (Wildman–Crippen MR) is 103 cm³/mol. The van der Waals surface area contributed by atoms with E-state index in [1.165, 1.54) is 0 Å². The molecule has 1 aromatic rings. The van der Waals surface area contributed by atoms with Gasteiger partial charge in [-0.15, -0.1) is 0 Å². The first-order valence-electron chi connectivity index (χ1n) is 5.69. The largest absolute Gasteiger partial charge is 0.227 e. The van der Waals surface area contributed by atoms with E-state index in [4.69, 9.17) is 116 Å². The highest BCUT2D eigenvalue weighted by Crippen LogP contribution is 2.57. The van der Waals surface area contributed by atoms with E-state index in [9.17, 15) is 0 Å². The monoisotopic (exact) mass is 502 g/mol. The molecule has 0 aliphatic carbocycles. The van der Waals surface area contributed by atoms with E-state index >= 15 is 0 Å². The molecule has 0 nitrogen and oxygen atoms in total. The molecule has 0 amide bonds. The first-order chi connectivity index (χ1) is 9.68. The summed E-state index contributed by atoms with van der Waals surface area (Å²) in [5.74, 6) is 0. The van der Waals surface area contributed by atoms with E-state index in [0.29, 0.717) is 23.1 Å². The van der Waals surface area contributed by atoms with Crippen molar-refractivity contribution in [2.24, 2.45) is 0 Å². The van der Waals surface area contributed by atoms with Crippen LogP contribution in [0.3, 0.4) is 0 Å². The quantitative estimate of drug-likeness (QED) is 0.362. The lowest BCUT2D eigenvalue weighted by Gasteiger charge is -2.34. The molecule has 0 saturated carbocycles. The summed E-state index contributed by atoms with van der Waals surface area (Å²) in [5, 5.41) is 0. The van der Waals surface area contributed by atoms with E-state index < -0.39 is 16.3 Å². The third-order valence-corrected chi connectivity index (χ3v) is 7.73. The molecule has 1 rings (SSSR count). The standard InChI is InChI=1S/C12H8Cl10/c1-2-6-7(9(13,14)11(17,18)19)4-3-5-8(6)10(15,16)12(20,21)22/h3-5H,2H2,1H3. The maximum atomic E-state index is 6.24. The van der Waals surface area contributed by atoms with Crippen LogP contribution in [0.25, 0.3) is 0 Å². The van der Waals surface area contributed by atoms with Crippen molar-refractivity contribution in [3.05, 3.63) is 34.9 Å². The Bertz CT molecular complexity index is 494. The van der Waals surface area contributed by atoms with E-state index in [-0.39, 0.29) is 0 Å². The van der Waals surface area contributed by atoms with Crippen LogP contribution in [0.2, 0.25) is 0 Å². The molecule has 0 aliphatic heterocycles. The molecule has 0 heterocycles. The topological polar surface area (TPSA) is 0 Å². The Morgan fingerprint density at radius 1 is 0.682 bits per heavy atom. The van der Waals surface area contributed by atoms with E-state index in [2.05, 4.69) is 0 Å². The van der Waals surface area contributed by atoms with Gasteiger partial charge in [0.15, 0.2) is 8.67 Å². The van der Waals surface area contributed by atoms with Crippen LogP contribution >= 0.6 is 116 Å². The average Bonchev–Trinajstić information content (AvgIpc) is 2.34. The summed E-state index contributed by atoms with van der Waals surface area (Å²) in [7, 11) is 0. The molecule has 126 valence electrons. The van der Waals surface area contributed by atoms with Gasteiger partial charge in [-0.3, -0.25) is 0 Å². The minimum Gasteiger partial charge on any atom is -0.0915 e. The fourth-order valence-electron chi connectivity index (χ4n) is 1.86. The second kappa shape index (κ2) is 7.39. The molecule has 0 bridgehead atoms. The molecule has 0 radical (unpaired) electrons. The van der Waals surface area contributed by atoms with Gasteiger partial charge in [0.25, 0.3) is 0 Å². The zero-order valence-electron chi connectivity index (χ0n) is 10.7. The molecule has 10 heteroatoms. The second-order valence-corrected chi connectivity index (χ2v) is 11.5. The van der Waals surface area contributed by atoms with Crippen LogP contribution in [0.5, 0.6) is 0 Å². The second-order valence-electron chi connectivity index (χ2n) is 4.33. The SMILES string of the molecule is CCc1c(C(Cl)(Cl)C(Cl)(Cl)Cl)cccc1C(Cl)(Cl)C(Cl)(Cl)Cl. The van der Waals surface area contributed by atoms with Crippen LogP contribution in [0, 0.1) is 0 Å². The van der Waals surface area contributed by atoms with Crippen LogP contribution in [0.1, 0.15) is 23.6 Å². The molecule has 0 atom stereocenters. The summed E-state index contributed by atoms with van der Waals surface area (Å²) >= 11 is 60.2. The van der Waals surface area contributed by atoms with Crippen LogP contribution < -0.4 is 0 Å². The molecule has 22 heavy (non-hydrogen) atoms. The third-order valence-electron chi connectivity index (χ3n) is 2.92. The van der Waals surface area contributed by atoms with E-state index in [1.54, 1.807) is 18.2 Å². The average molecular weight is 507 g/mol. The van der Waals surface area contributed by atoms with Gasteiger partial charge in [0.2, 0.25) is 7.59 Å². The maximum Gasteiger partial charge on any atom is 0.227 e. The highest BCUT2D eigenvalue weighted by molar-refractivity contribution is 6.76. The zero-order chi connectivity index (χ0) is 17.6. The summed E-state index contributed by atoms with van der Waals surface area (Å²) in [6.07, 6.45) is 0.412. The Labute approximate surface area is 179 Å². The number of halogens is 10. The highest BCUT2D eigenvalue weighted by atomic mass is 35.6. The lowest BCUT2D eigenvalue weighted by atomic mass is 9.94. The maximum absolute atomic E-state index is 6.24. The smallest absolute Gasteiger partial charge is 0.0915 e. The number of alkyl halides is 10. The van der Waals surface area contributed by atoms with Gasteiger partial charge < -0.3 is 0 Å². The lowest BCUT2D eigenvalue weighted by molar-refractivity contribution is 0.810.